The van der Waals surface area contributed by atoms with Crippen LogP contribution in [0.5, 0.6) is 0 Å². The van der Waals surface area contributed by atoms with Crippen LogP contribution in [0.2, 0.25) is 0 Å². The quantitative estimate of drug-likeness (QED) is 0.282. The summed E-state index contributed by atoms with van der Waals surface area (Å²) < 4.78 is 5.56. The van der Waals surface area contributed by atoms with Crippen molar-refractivity contribution >= 4 is 29.9 Å². The molecule has 1 aromatic carbocycles. The van der Waals surface area contributed by atoms with E-state index in [1.54, 1.807) is 0 Å². The summed E-state index contributed by atoms with van der Waals surface area (Å²) in [5.41, 5.74) is 2.51. The number of nitrogens with one attached hydrogen (secondary N) is 2. The molecule has 1 aromatic rings. The summed E-state index contributed by atoms with van der Waals surface area (Å²) >= 11 is 0. The van der Waals surface area contributed by atoms with Gasteiger partial charge in [0.25, 0.3) is 0 Å². The summed E-state index contributed by atoms with van der Waals surface area (Å²) in [7, 11) is 4.15. The zero-order valence-electron chi connectivity index (χ0n) is 16.8. The van der Waals surface area contributed by atoms with Crippen molar-refractivity contribution in [1.29, 1.82) is 0 Å². The van der Waals surface area contributed by atoms with E-state index in [0.29, 0.717) is 13.2 Å². The average Bonchev–Trinajstić information content (AvgIpc) is 3.07. The van der Waals surface area contributed by atoms with E-state index in [9.17, 15) is 5.11 Å². The molecule has 27 heavy (non-hydrogen) atoms. The fourth-order valence-corrected chi connectivity index (χ4v) is 3.21. The molecule has 1 heterocycles. The van der Waals surface area contributed by atoms with Crippen molar-refractivity contribution in [3.8, 4) is 0 Å². The lowest BCUT2D eigenvalue weighted by molar-refractivity contribution is 0.127. The third-order valence-electron chi connectivity index (χ3n) is 4.74. The zero-order chi connectivity index (χ0) is 18.8. The molecule has 1 saturated heterocycles. The van der Waals surface area contributed by atoms with Crippen LogP contribution in [0.25, 0.3) is 0 Å². The largest absolute Gasteiger partial charge is 0.396 e. The van der Waals surface area contributed by atoms with E-state index < -0.39 is 0 Å². The normalized spacial score (nSPS) is 19.8. The van der Waals surface area contributed by atoms with Crippen LogP contribution in [0.4, 0.5) is 0 Å². The molecule has 0 spiro atoms. The highest BCUT2D eigenvalue weighted by atomic mass is 127. The number of rotatable bonds is 9. The van der Waals surface area contributed by atoms with E-state index in [1.807, 2.05) is 0 Å². The average molecular weight is 490 g/mol. The van der Waals surface area contributed by atoms with E-state index in [-0.39, 0.29) is 36.0 Å². The van der Waals surface area contributed by atoms with E-state index in [0.717, 1.165) is 45.0 Å². The number of benzene rings is 1. The fraction of sp³-hybridized carbons (Fsp3) is 0.650. The van der Waals surface area contributed by atoms with Crippen molar-refractivity contribution in [3.63, 3.8) is 0 Å². The molecule has 1 aliphatic rings. The monoisotopic (exact) mass is 490 g/mol. The number of aliphatic hydroxyl groups is 1. The maximum Gasteiger partial charge on any atom is 0.191 e. The van der Waals surface area contributed by atoms with E-state index in [4.69, 9.17) is 9.73 Å². The van der Waals surface area contributed by atoms with Crippen molar-refractivity contribution < 1.29 is 9.84 Å². The Kier molecular flexibility index (Phi) is 11.2. The molecule has 154 valence electrons. The third kappa shape index (κ3) is 8.33. The lowest BCUT2D eigenvalue weighted by Gasteiger charge is -2.27. The highest BCUT2D eigenvalue weighted by Crippen LogP contribution is 2.31. The Labute approximate surface area is 180 Å². The summed E-state index contributed by atoms with van der Waals surface area (Å²) in [5.74, 6) is 0.814. The number of halogens is 1. The van der Waals surface area contributed by atoms with Crippen LogP contribution in [0.15, 0.2) is 29.3 Å². The van der Waals surface area contributed by atoms with Gasteiger partial charge in [-0.1, -0.05) is 24.3 Å². The number of aliphatic imine (C=N–C) groups is 1. The summed E-state index contributed by atoms with van der Waals surface area (Å²) in [6, 6.07) is 8.61. The number of aliphatic hydroxyl groups excluding tert-OH is 1. The molecule has 3 N–H and O–H groups in total. The van der Waals surface area contributed by atoms with E-state index in [2.05, 4.69) is 60.8 Å². The fourth-order valence-electron chi connectivity index (χ4n) is 3.21. The summed E-state index contributed by atoms with van der Waals surface area (Å²) in [5, 5.41) is 16.1. The third-order valence-corrected chi connectivity index (χ3v) is 4.74. The van der Waals surface area contributed by atoms with Crippen molar-refractivity contribution in [2.24, 2.45) is 10.4 Å². The molecule has 0 radical (unpaired) electrons. The molecule has 1 aliphatic heterocycles. The Morgan fingerprint density at radius 3 is 2.48 bits per heavy atom. The van der Waals surface area contributed by atoms with E-state index in [1.165, 1.54) is 11.1 Å². The molecule has 7 heteroatoms. The first-order valence-electron chi connectivity index (χ1n) is 9.50. The first-order chi connectivity index (χ1) is 12.6. The Hall–Kier alpha value is -0.900. The Morgan fingerprint density at radius 1 is 1.22 bits per heavy atom. The Morgan fingerprint density at radius 2 is 1.93 bits per heavy atom. The first kappa shape index (κ1) is 24.1. The van der Waals surface area contributed by atoms with Crippen LogP contribution in [0, 0.1) is 5.41 Å². The van der Waals surface area contributed by atoms with Gasteiger partial charge in [-0.25, -0.2) is 4.99 Å². The van der Waals surface area contributed by atoms with Crippen LogP contribution >= 0.6 is 24.0 Å². The molecular weight excluding hydrogens is 455 g/mol. The first-order valence-corrected chi connectivity index (χ1v) is 9.50. The number of hydrogen-bond acceptors (Lipinski definition) is 4. The van der Waals surface area contributed by atoms with E-state index >= 15 is 0 Å². The number of nitrogens with zero attached hydrogens (tertiary/aromatic N) is 2. The van der Waals surface area contributed by atoms with Gasteiger partial charge < -0.3 is 25.4 Å². The smallest absolute Gasteiger partial charge is 0.191 e. The van der Waals surface area contributed by atoms with Gasteiger partial charge >= 0.3 is 0 Å². The topological polar surface area (TPSA) is 69.1 Å². The molecule has 0 aliphatic carbocycles. The second-order valence-corrected chi connectivity index (χ2v) is 7.38. The highest BCUT2D eigenvalue weighted by molar-refractivity contribution is 14.0. The van der Waals surface area contributed by atoms with Crippen LogP contribution in [-0.2, 0) is 17.8 Å². The second kappa shape index (κ2) is 12.5. The van der Waals surface area contributed by atoms with Crippen LogP contribution in [0.3, 0.4) is 0 Å². The van der Waals surface area contributed by atoms with Gasteiger partial charge in [-0.2, -0.15) is 0 Å². The summed E-state index contributed by atoms with van der Waals surface area (Å²) in [6.45, 7) is 6.90. The van der Waals surface area contributed by atoms with Crippen LogP contribution < -0.4 is 10.6 Å². The summed E-state index contributed by atoms with van der Waals surface area (Å²) in [4.78, 5) is 6.87. The van der Waals surface area contributed by atoms with Gasteiger partial charge in [-0.3, -0.25) is 0 Å². The maximum atomic E-state index is 9.36. The van der Waals surface area contributed by atoms with Gasteiger partial charge in [-0.05, 0) is 45.0 Å². The molecule has 1 fully saturated rings. The minimum absolute atomic E-state index is 0. The number of hydrogen-bond donors (Lipinski definition) is 3. The van der Waals surface area contributed by atoms with Crippen molar-refractivity contribution in [2.45, 2.75) is 32.9 Å². The molecule has 1 atom stereocenters. The van der Waals surface area contributed by atoms with Gasteiger partial charge in [-0.15, -0.1) is 24.0 Å². The molecule has 2 rings (SSSR count). The molecule has 0 saturated carbocycles. The minimum Gasteiger partial charge on any atom is -0.396 e. The molecular formula is C20H35IN4O2. The van der Waals surface area contributed by atoms with Crippen molar-refractivity contribution in [2.75, 3.05) is 47.0 Å². The Balaban J connectivity index is 0.00000364. The molecule has 6 nitrogen and oxygen atoms in total. The standard InChI is InChI=1S/C20H34N4O2.HI/c1-4-21-19(23-15-20(9-11-25)10-12-26-16-20)22-13-17-5-7-18(8-6-17)14-24(2)3;/h5-8,25H,4,9-16H2,1-3H3,(H2,21,22,23);1H. The van der Waals surface area contributed by atoms with Gasteiger partial charge in [0.2, 0.25) is 0 Å². The van der Waals surface area contributed by atoms with Gasteiger partial charge in [0.05, 0.1) is 13.2 Å². The molecule has 0 bridgehead atoms. The molecule has 1 unspecified atom stereocenters. The number of ether oxygens (including phenoxy) is 1. The Bertz CT molecular complexity index is 558. The lowest BCUT2D eigenvalue weighted by Crippen LogP contribution is -2.44. The minimum atomic E-state index is 0. The zero-order valence-corrected chi connectivity index (χ0v) is 19.2. The lowest BCUT2D eigenvalue weighted by atomic mass is 9.84. The van der Waals surface area contributed by atoms with Crippen molar-refractivity contribution in [3.05, 3.63) is 35.4 Å². The SMILES string of the molecule is CCNC(=NCc1ccc(CN(C)C)cc1)NCC1(CCO)CCOC1.I. The number of guanidine groups is 1. The van der Waals surface area contributed by atoms with Crippen LogP contribution in [0.1, 0.15) is 30.9 Å². The van der Waals surface area contributed by atoms with Crippen molar-refractivity contribution in [1.82, 2.24) is 15.5 Å². The van der Waals surface area contributed by atoms with Gasteiger partial charge in [0.1, 0.15) is 0 Å². The maximum absolute atomic E-state index is 9.36. The highest BCUT2D eigenvalue weighted by Gasteiger charge is 2.34. The van der Waals surface area contributed by atoms with Crippen LogP contribution in [-0.4, -0.2) is 63.0 Å². The van der Waals surface area contributed by atoms with Gasteiger partial charge in [0, 0.05) is 38.3 Å². The molecule has 0 aromatic heterocycles. The summed E-state index contributed by atoms with van der Waals surface area (Å²) in [6.07, 6.45) is 1.74. The predicted octanol–water partition coefficient (Wildman–Crippen LogP) is 2.21. The van der Waals surface area contributed by atoms with Gasteiger partial charge in [0.15, 0.2) is 5.96 Å². The second-order valence-electron chi connectivity index (χ2n) is 7.38. The predicted molar refractivity (Wildman–Crippen MR) is 122 cm³/mol. The molecule has 0 amide bonds.